The van der Waals surface area contributed by atoms with Crippen LogP contribution in [0.3, 0.4) is 0 Å². The molecule has 1 aliphatic carbocycles. The van der Waals surface area contributed by atoms with Crippen LogP contribution in [-0.4, -0.2) is 18.5 Å². The first-order valence-electron chi connectivity index (χ1n) is 10.7. The quantitative estimate of drug-likeness (QED) is 0.363. The highest BCUT2D eigenvalue weighted by Crippen LogP contribution is 2.40. The molecule has 0 aliphatic heterocycles. The van der Waals surface area contributed by atoms with Gasteiger partial charge < -0.3 is 10.1 Å². The number of hydrogen-bond donors (Lipinski definition) is 1. The summed E-state index contributed by atoms with van der Waals surface area (Å²) >= 11 is 1.58. The van der Waals surface area contributed by atoms with Gasteiger partial charge in [0.25, 0.3) is 0 Å². The summed E-state index contributed by atoms with van der Waals surface area (Å²) in [6, 6.07) is 0. The van der Waals surface area contributed by atoms with Gasteiger partial charge in [0.2, 0.25) is 5.91 Å². The van der Waals surface area contributed by atoms with Gasteiger partial charge in [0.15, 0.2) is 0 Å². The van der Waals surface area contributed by atoms with Crippen LogP contribution in [0.2, 0.25) is 0 Å². The van der Waals surface area contributed by atoms with Crippen LogP contribution in [0.5, 0.6) is 0 Å². The van der Waals surface area contributed by atoms with Gasteiger partial charge >= 0.3 is 5.97 Å². The minimum absolute atomic E-state index is 0.0154. The maximum absolute atomic E-state index is 12.5. The van der Waals surface area contributed by atoms with Crippen molar-refractivity contribution in [3.05, 3.63) is 16.0 Å². The average Bonchev–Trinajstić information content (AvgIpc) is 3.01. The highest BCUT2D eigenvalue weighted by molar-refractivity contribution is 7.17. The Morgan fingerprint density at radius 1 is 1.11 bits per heavy atom. The van der Waals surface area contributed by atoms with Crippen LogP contribution in [0.25, 0.3) is 0 Å². The molecule has 0 aromatic carbocycles. The highest BCUT2D eigenvalue weighted by atomic mass is 32.1. The molecular weight excluding hydrogens is 358 g/mol. The van der Waals surface area contributed by atoms with E-state index in [-0.39, 0.29) is 11.9 Å². The summed E-state index contributed by atoms with van der Waals surface area (Å²) in [7, 11) is 0. The van der Waals surface area contributed by atoms with E-state index in [1.165, 1.54) is 30.6 Å². The molecule has 1 heterocycles. The first-order valence-corrected chi connectivity index (χ1v) is 11.5. The lowest BCUT2D eigenvalue weighted by molar-refractivity contribution is -0.116. The van der Waals surface area contributed by atoms with E-state index in [2.05, 4.69) is 19.2 Å². The van der Waals surface area contributed by atoms with Gasteiger partial charge in [-0.3, -0.25) is 4.79 Å². The number of fused-ring (bicyclic) bond motifs is 1. The molecule has 1 amide bonds. The number of hydrogen-bond acceptors (Lipinski definition) is 4. The molecule has 1 N–H and O–H groups in total. The first kappa shape index (κ1) is 21.9. The number of amides is 1. The molecule has 1 unspecified atom stereocenters. The smallest absolute Gasteiger partial charge is 0.341 e. The van der Waals surface area contributed by atoms with Crippen molar-refractivity contribution in [1.82, 2.24) is 0 Å². The number of carbonyl (C=O) groups is 2. The first-order chi connectivity index (χ1) is 13.1. The van der Waals surface area contributed by atoms with Gasteiger partial charge in [0, 0.05) is 11.3 Å². The molecule has 0 bridgehead atoms. The van der Waals surface area contributed by atoms with E-state index < -0.39 is 0 Å². The van der Waals surface area contributed by atoms with Crippen LogP contribution < -0.4 is 5.32 Å². The zero-order valence-corrected chi connectivity index (χ0v) is 18.0. The SMILES string of the molecule is CCCCCCCCC(=O)Nc1sc2c(c1C(=O)OCC)CCC(CC)C2. The highest BCUT2D eigenvalue weighted by Gasteiger charge is 2.29. The molecule has 1 aliphatic rings. The zero-order valence-electron chi connectivity index (χ0n) is 17.2. The van der Waals surface area contributed by atoms with Crippen LogP contribution in [0, 0.1) is 5.92 Å². The molecule has 4 nitrogen and oxygen atoms in total. The predicted molar refractivity (Wildman–Crippen MR) is 113 cm³/mol. The van der Waals surface area contributed by atoms with Crippen molar-refractivity contribution >= 4 is 28.2 Å². The van der Waals surface area contributed by atoms with Crippen LogP contribution in [-0.2, 0) is 22.4 Å². The van der Waals surface area contributed by atoms with Crippen molar-refractivity contribution in [2.75, 3.05) is 11.9 Å². The van der Waals surface area contributed by atoms with Gasteiger partial charge in [-0.05, 0) is 44.1 Å². The Labute approximate surface area is 168 Å². The third kappa shape index (κ3) is 6.34. The van der Waals surface area contributed by atoms with E-state index in [9.17, 15) is 9.59 Å². The lowest BCUT2D eigenvalue weighted by Gasteiger charge is -2.20. The molecule has 27 heavy (non-hydrogen) atoms. The molecule has 0 saturated carbocycles. The molecule has 5 heteroatoms. The van der Waals surface area contributed by atoms with Crippen molar-refractivity contribution < 1.29 is 14.3 Å². The van der Waals surface area contributed by atoms with Crippen molar-refractivity contribution in [3.63, 3.8) is 0 Å². The fourth-order valence-electron chi connectivity index (χ4n) is 3.76. The van der Waals surface area contributed by atoms with Gasteiger partial charge in [-0.1, -0.05) is 52.4 Å². The fourth-order valence-corrected chi connectivity index (χ4v) is 5.13. The second kappa shape index (κ2) is 11.5. The van der Waals surface area contributed by atoms with Gasteiger partial charge in [-0.2, -0.15) is 0 Å². The van der Waals surface area contributed by atoms with Crippen LogP contribution in [0.15, 0.2) is 0 Å². The molecule has 0 radical (unpaired) electrons. The molecular formula is C22H35NO3S. The monoisotopic (exact) mass is 393 g/mol. The van der Waals surface area contributed by atoms with E-state index >= 15 is 0 Å². The number of rotatable bonds is 11. The summed E-state index contributed by atoms with van der Waals surface area (Å²) in [6.45, 7) is 6.60. The minimum Gasteiger partial charge on any atom is -0.462 e. The Balaban J connectivity index is 2.01. The lowest BCUT2D eigenvalue weighted by Crippen LogP contribution is -2.17. The number of anilines is 1. The maximum Gasteiger partial charge on any atom is 0.341 e. The molecule has 1 atom stereocenters. The Kier molecular flexibility index (Phi) is 9.32. The molecule has 152 valence electrons. The standard InChI is InChI=1S/C22H35NO3S/c1-4-7-8-9-10-11-12-19(24)23-21-20(22(25)26-6-3)17-14-13-16(5-2)15-18(17)27-21/h16H,4-15H2,1-3H3,(H,23,24). The summed E-state index contributed by atoms with van der Waals surface area (Å²) in [5.41, 5.74) is 1.72. The number of thiophene rings is 1. The van der Waals surface area contributed by atoms with Crippen LogP contribution in [0.1, 0.15) is 99.4 Å². The molecule has 0 saturated heterocycles. The van der Waals surface area contributed by atoms with Crippen molar-refractivity contribution in [1.29, 1.82) is 0 Å². The van der Waals surface area contributed by atoms with Crippen LogP contribution in [0.4, 0.5) is 5.00 Å². The Morgan fingerprint density at radius 2 is 1.85 bits per heavy atom. The third-order valence-electron chi connectivity index (χ3n) is 5.43. The summed E-state index contributed by atoms with van der Waals surface area (Å²) in [4.78, 5) is 26.2. The van der Waals surface area contributed by atoms with E-state index in [4.69, 9.17) is 4.74 Å². The van der Waals surface area contributed by atoms with Crippen LogP contribution >= 0.6 is 11.3 Å². The summed E-state index contributed by atoms with van der Waals surface area (Å²) in [5, 5.41) is 3.72. The number of nitrogens with one attached hydrogen (secondary N) is 1. The summed E-state index contributed by atoms with van der Waals surface area (Å²) in [5.74, 6) is 0.402. The molecule has 0 spiro atoms. The van der Waals surface area contributed by atoms with E-state index in [1.54, 1.807) is 11.3 Å². The van der Waals surface area contributed by atoms with E-state index in [0.29, 0.717) is 29.5 Å². The third-order valence-corrected chi connectivity index (χ3v) is 6.60. The van der Waals surface area contributed by atoms with Gasteiger partial charge in [0.1, 0.15) is 5.00 Å². The molecule has 1 aromatic heterocycles. The van der Waals surface area contributed by atoms with Gasteiger partial charge in [-0.25, -0.2) is 4.79 Å². The maximum atomic E-state index is 12.5. The second-order valence-electron chi connectivity index (χ2n) is 7.51. The number of esters is 1. The number of carbonyl (C=O) groups excluding carboxylic acids is 2. The van der Waals surface area contributed by atoms with Crippen molar-refractivity contribution in [2.24, 2.45) is 5.92 Å². The molecule has 2 rings (SSSR count). The average molecular weight is 394 g/mol. The fraction of sp³-hybridized carbons (Fsp3) is 0.727. The normalized spacial score (nSPS) is 16.0. The zero-order chi connectivity index (χ0) is 19.6. The van der Waals surface area contributed by atoms with Gasteiger partial charge in [0.05, 0.1) is 12.2 Å². The number of ether oxygens (including phenoxy) is 1. The van der Waals surface area contributed by atoms with E-state index in [0.717, 1.165) is 44.1 Å². The lowest BCUT2D eigenvalue weighted by atomic mass is 9.85. The van der Waals surface area contributed by atoms with Crippen molar-refractivity contribution in [2.45, 2.75) is 91.4 Å². The van der Waals surface area contributed by atoms with Gasteiger partial charge in [-0.15, -0.1) is 11.3 Å². The largest absolute Gasteiger partial charge is 0.462 e. The second-order valence-corrected chi connectivity index (χ2v) is 8.62. The summed E-state index contributed by atoms with van der Waals surface area (Å²) < 4.78 is 5.28. The van der Waals surface area contributed by atoms with E-state index in [1.807, 2.05) is 6.92 Å². The van der Waals surface area contributed by atoms with Crippen molar-refractivity contribution in [3.8, 4) is 0 Å². The molecule has 0 fully saturated rings. The predicted octanol–water partition coefficient (Wildman–Crippen LogP) is 6.13. The Hall–Kier alpha value is -1.36. The Morgan fingerprint density at radius 3 is 2.56 bits per heavy atom. The topological polar surface area (TPSA) is 55.4 Å². The summed E-state index contributed by atoms with van der Waals surface area (Å²) in [6.07, 6.45) is 11.7. The molecule has 1 aromatic rings. The number of unbranched alkanes of at least 4 members (excludes halogenated alkanes) is 5. The minimum atomic E-state index is -0.292. The Bertz CT molecular complexity index is 623.